The molecule has 1 atom stereocenters. The van der Waals surface area contributed by atoms with Crippen molar-refractivity contribution in [1.82, 2.24) is 5.32 Å². The molecule has 0 aliphatic heterocycles. The summed E-state index contributed by atoms with van der Waals surface area (Å²) >= 11 is 3.30. The number of hydrogen-bond acceptors (Lipinski definition) is 2. The standard InChI is InChI=1S/C11H14BrNO2/c1-2-10(7-14)13-11(15)8-4-3-5-9(12)6-8/h3-6,10,14H,2,7H2,1H3,(H,13,15). The van der Waals surface area contributed by atoms with Crippen LogP contribution >= 0.6 is 15.9 Å². The molecule has 1 rings (SSSR count). The molecule has 15 heavy (non-hydrogen) atoms. The third-order valence-electron chi connectivity index (χ3n) is 2.14. The maximum atomic E-state index is 11.7. The maximum absolute atomic E-state index is 11.7. The molecule has 0 fully saturated rings. The molecular formula is C11H14BrNO2. The summed E-state index contributed by atoms with van der Waals surface area (Å²) in [5.74, 6) is -0.155. The summed E-state index contributed by atoms with van der Waals surface area (Å²) < 4.78 is 0.868. The zero-order valence-corrected chi connectivity index (χ0v) is 10.1. The fourth-order valence-electron chi connectivity index (χ4n) is 1.18. The molecular weight excluding hydrogens is 258 g/mol. The molecule has 4 heteroatoms. The minimum Gasteiger partial charge on any atom is -0.394 e. The number of nitrogens with one attached hydrogen (secondary N) is 1. The molecule has 0 aliphatic rings. The molecule has 0 spiro atoms. The van der Waals surface area contributed by atoms with Gasteiger partial charge in [0, 0.05) is 10.0 Å². The van der Waals surface area contributed by atoms with Gasteiger partial charge in [0.25, 0.3) is 5.91 Å². The highest BCUT2D eigenvalue weighted by Crippen LogP contribution is 2.11. The van der Waals surface area contributed by atoms with Crippen molar-refractivity contribution in [3.63, 3.8) is 0 Å². The van der Waals surface area contributed by atoms with E-state index in [1.807, 2.05) is 13.0 Å². The van der Waals surface area contributed by atoms with E-state index in [9.17, 15) is 4.79 Å². The van der Waals surface area contributed by atoms with Crippen molar-refractivity contribution in [2.75, 3.05) is 6.61 Å². The number of carbonyl (C=O) groups is 1. The van der Waals surface area contributed by atoms with Gasteiger partial charge in [-0.1, -0.05) is 28.9 Å². The second-order valence-corrected chi connectivity index (χ2v) is 4.19. The van der Waals surface area contributed by atoms with Crippen molar-refractivity contribution in [3.05, 3.63) is 34.3 Å². The van der Waals surface area contributed by atoms with Gasteiger partial charge in [0.05, 0.1) is 12.6 Å². The van der Waals surface area contributed by atoms with Crippen LogP contribution in [0.15, 0.2) is 28.7 Å². The maximum Gasteiger partial charge on any atom is 0.251 e. The number of amides is 1. The molecule has 1 unspecified atom stereocenters. The minimum atomic E-state index is -0.170. The van der Waals surface area contributed by atoms with Crippen LogP contribution in [-0.2, 0) is 0 Å². The molecule has 0 aliphatic carbocycles. The number of aliphatic hydroxyl groups excluding tert-OH is 1. The van der Waals surface area contributed by atoms with Crippen LogP contribution < -0.4 is 5.32 Å². The van der Waals surface area contributed by atoms with E-state index in [-0.39, 0.29) is 18.6 Å². The van der Waals surface area contributed by atoms with Gasteiger partial charge in [-0.15, -0.1) is 0 Å². The highest BCUT2D eigenvalue weighted by molar-refractivity contribution is 9.10. The number of carbonyl (C=O) groups excluding carboxylic acids is 1. The predicted molar refractivity (Wildman–Crippen MR) is 62.8 cm³/mol. The first-order valence-corrected chi connectivity index (χ1v) is 5.64. The van der Waals surface area contributed by atoms with Crippen LogP contribution in [0.5, 0.6) is 0 Å². The molecule has 0 aromatic heterocycles. The third kappa shape index (κ3) is 3.64. The average Bonchev–Trinajstić information content (AvgIpc) is 2.25. The summed E-state index contributed by atoms with van der Waals surface area (Å²) in [6, 6.07) is 6.99. The van der Waals surface area contributed by atoms with Gasteiger partial charge < -0.3 is 10.4 Å². The molecule has 0 saturated carbocycles. The van der Waals surface area contributed by atoms with E-state index in [0.29, 0.717) is 5.56 Å². The molecule has 1 aromatic carbocycles. The zero-order chi connectivity index (χ0) is 11.3. The Labute approximate surface area is 97.6 Å². The second kappa shape index (κ2) is 5.88. The Morgan fingerprint density at radius 1 is 1.60 bits per heavy atom. The Kier molecular flexibility index (Phi) is 4.78. The van der Waals surface area contributed by atoms with Gasteiger partial charge in [-0.25, -0.2) is 0 Å². The van der Waals surface area contributed by atoms with Gasteiger partial charge in [0.2, 0.25) is 0 Å². The highest BCUT2D eigenvalue weighted by atomic mass is 79.9. The fraction of sp³-hybridized carbons (Fsp3) is 0.364. The van der Waals surface area contributed by atoms with Gasteiger partial charge in [-0.05, 0) is 24.6 Å². The second-order valence-electron chi connectivity index (χ2n) is 3.27. The van der Waals surface area contributed by atoms with Crippen molar-refractivity contribution >= 4 is 21.8 Å². The van der Waals surface area contributed by atoms with Crippen LogP contribution in [0.1, 0.15) is 23.7 Å². The Morgan fingerprint density at radius 2 is 2.33 bits per heavy atom. The van der Waals surface area contributed by atoms with Crippen molar-refractivity contribution in [2.45, 2.75) is 19.4 Å². The molecule has 0 saturated heterocycles. The van der Waals surface area contributed by atoms with E-state index in [2.05, 4.69) is 21.2 Å². The summed E-state index contributed by atoms with van der Waals surface area (Å²) in [4.78, 5) is 11.7. The third-order valence-corrected chi connectivity index (χ3v) is 2.63. The molecule has 0 bridgehead atoms. The Morgan fingerprint density at radius 3 is 2.87 bits per heavy atom. The lowest BCUT2D eigenvalue weighted by Crippen LogP contribution is -2.36. The summed E-state index contributed by atoms with van der Waals surface area (Å²) in [5, 5.41) is 11.7. The zero-order valence-electron chi connectivity index (χ0n) is 8.53. The lowest BCUT2D eigenvalue weighted by molar-refractivity contribution is 0.0915. The van der Waals surface area contributed by atoms with E-state index < -0.39 is 0 Å². The number of rotatable bonds is 4. The van der Waals surface area contributed by atoms with Crippen LogP contribution in [-0.4, -0.2) is 23.7 Å². The number of aliphatic hydroxyl groups is 1. The molecule has 82 valence electrons. The van der Waals surface area contributed by atoms with E-state index in [1.165, 1.54) is 0 Å². The lowest BCUT2D eigenvalue weighted by atomic mass is 10.2. The smallest absolute Gasteiger partial charge is 0.251 e. The van der Waals surface area contributed by atoms with Gasteiger partial charge in [0.15, 0.2) is 0 Å². The van der Waals surface area contributed by atoms with Crippen molar-refractivity contribution < 1.29 is 9.90 Å². The quantitative estimate of drug-likeness (QED) is 0.880. The predicted octanol–water partition coefficient (Wildman–Crippen LogP) is 1.95. The Balaban J connectivity index is 2.68. The van der Waals surface area contributed by atoms with E-state index >= 15 is 0 Å². The van der Waals surface area contributed by atoms with Gasteiger partial charge >= 0.3 is 0 Å². The number of benzene rings is 1. The van der Waals surface area contributed by atoms with Crippen LogP contribution in [0.2, 0.25) is 0 Å². The van der Waals surface area contributed by atoms with Gasteiger partial charge in [-0.3, -0.25) is 4.79 Å². The topological polar surface area (TPSA) is 49.3 Å². The molecule has 1 aromatic rings. The fourth-order valence-corrected chi connectivity index (χ4v) is 1.57. The Hall–Kier alpha value is -0.870. The van der Waals surface area contributed by atoms with Crippen molar-refractivity contribution in [2.24, 2.45) is 0 Å². The summed E-state index contributed by atoms with van der Waals surface area (Å²) in [6.07, 6.45) is 0.718. The SMILES string of the molecule is CCC(CO)NC(=O)c1cccc(Br)c1. The number of halogens is 1. The summed E-state index contributed by atoms with van der Waals surface area (Å²) in [5.41, 5.74) is 0.594. The normalized spacial score (nSPS) is 12.2. The molecule has 3 nitrogen and oxygen atoms in total. The summed E-state index contributed by atoms with van der Waals surface area (Å²) in [6.45, 7) is 1.89. The van der Waals surface area contributed by atoms with Crippen LogP contribution in [0.3, 0.4) is 0 Å². The van der Waals surface area contributed by atoms with Crippen molar-refractivity contribution in [1.29, 1.82) is 0 Å². The van der Waals surface area contributed by atoms with Gasteiger partial charge in [0.1, 0.15) is 0 Å². The molecule has 2 N–H and O–H groups in total. The first kappa shape index (κ1) is 12.2. The van der Waals surface area contributed by atoms with E-state index in [1.54, 1.807) is 18.2 Å². The Bertz CT molecular complexity index is 337. The van der Waals surface area contributed by atoms with Gasteiger partial charge in [-0.2, -0.15) is 0 Å². The summed E-state index contributed by atoms with van der Waals surface area (Å²) in [7, 11) is 0. The highest BCUT2D eigenvalue weighted by Gasteiger charge is 2.10. The molecule has 1 amide bonds. The first-order valence-electron chi connectivity index (χ1n) is 4.84. The number of hydrogen-bond donors (Lipinski definition) is 2. The lowest BCUT2D eigenvalue weighted by Gasteiger charge is -2.13. The van der Waals surface area contributed by atoms with Crippen LogP contribution in [0.4, 0.5) is 0 Å². The first-order chi connectivity index (χ1) is 7.17. The van der Waals surface area contributed by atoms with Crippen LogP contribution in [0.25, 0.3) is 0 Å². The van der Waals surface area contributed by atoms with Crippen LogP contribution in [0, 0.1) is 0 Å². The monoisotopic (exact) mass is 271 g/mol. The van der Waals surface area contributed by atoms with E-state index in [4.69, 9.17) is 5.11 Å². The van der Waals surface area contributed by atoms with E-state index in [0.717, 1.165) is 10.9 Å². The largest absolute Gasteiger partial charge is 0.394 e. The minimum absolute atomic E-state index is 0.0315. The average molecular weight is 272 g/mol. The molecule has 0 radical (unpaired) electrons. The van der Waals surface area contributed by atoms with Crippen molar-refractivity contribution in [3.8, 4) is 0 Å². The molecule has 0 heterocycles.